The number of piperidine rings is 1. The Labute approximate surface area is 368 Å². The number of aliphatic hydroxyl groups excluding tert-OH is 1. The number of likely N-dealkylation sites (tertiary alicyclic amines) is 1. The first kappa shape index (κ1) is 44.1. The van der Waals surface area contributed by atoms with Gasteiger partial charge in [-0.15, -0.1) is 0 Å². The third-order valence-electron chi connectivity index (χ3n) is 12.7. The highest BCUT2D eigenvalue weighted by molar-refractivity contribution is 6.32. The number of carbonyl (C=O) groups excluding carboxylic acids is 1. The summed E-state index contributed by atoms with van der Waals surface area (Å²) in [5.41, 5.74) is 8.20. The Morgan fingerprint density at radius 2 is 1.63 bits per heavy atom. The maximum absolute atomic E-state index is 11.9. The van der Waals surface area contributed by atoms with Gasteiger partial charge < -0.3 is 29.7 Å². The van der Waals surface area contributed by atoms with E-state index in [-0.39, 0.29) is 37.4 Å². The van der Waals surface area contributed by atoms with Crippen molar-refractivity contribution in [3.8, 4) is 45.6 Å². The number of aryl methyl sites for hydroxylation is 1. The minimum atomic E-state index is -1.35. The van der Waals surface area contributed by atoms with E-state index in [0.29, 0.717) is 46.2 Å². The van der Waals surface area contributed by atoms with Gasteiger partial charge in [0.2, 0.25) is 5.91 Å². The maximum atomic E-state index is 11.9. The number of amides is 1. The summed E-state index contributed by atoms with van der Waals surface area (Å²) in [6.45, 7) is 9.82. The number of ether oxygens (including phenoxy) is 3. The van der Waals surface area contributed by atoms with E-state index in [2.05, 4.69) is 71.5 Å². The molecular weight excluding hydrogens is 804 g/mol. The monoisotopic (exact) mass is 856 g/mol. The highest BCUT2D eigenvalue weighted by Gasteiger charge is 2.40. The van der Waals surface area contributed by atoms with Crippen molar-refractivity contribution in [1.29, 1.82) is 5.26 Å². The third-order valence-corrected chi connectivity index (χ3v) is 12.9. The Balaban J connectivity index is 1.02. The number of nitrogens with one attached hydrogen (secondary N) is 1. The minimum absolute atomic E-state index is 0.105. The van der Waals surface area contributed by atoms with Crippen LogP contribution in [-0.2, 0) is 29.2 Å². The predicted molar refractivity (Wildman–Crippen MR) is 238 cm³/mol. The zero-order valence-corrected chi connectivity index (χ0v) is 36.3. The van der Waals surface area contributed by atoms with Crippen LogP contribution in [0.15, 0.2) is 91.3 Å². The number of hydrogen-bond donors (Lipinski definition) is 3. The summed E-state index contributed by atoms with van der Waals surface area (Å²) in [5.74, 6) is 0.773. The molecule has 2 fully saturated rings. The normalized spacial score (nSPS) is 15.7. The Bertz CT molecular complexity index is 2460. The summed E-state index contributed by atoms with van der Waals surface area (Å²) in [6.07, 6.45) is 6.27. The van der Waals surface area contributed by atoms with Gasteiger partial charge in [-0.2, -0.15) is 5.26 Å². The van der Waals surface area contributed by atoms with Crippen LogP contribution in [0.2, 0.25) is 5.02 Å². The van der Waals surface area contributed by atoms with E-state index in [4.69, 9.17) is 25.8 Å². The summed E-state index contributed by atoms with van der Waals surface area (Å²) in [6, 6.07) is 28.0. The summed E-state index contributed by atoms with van der Waals surface area (Å²) >= 11 is 6.81. The van der Waals surface area contributed by atoms with E-state index in [1.54, 1.807) is 24.4 Å². The molecule has 1 aromatic heterocycles. The minimum Gasteiger partial charge on any atom is -0.492 e. The van der Waals surface area contributed by atoms with E-state index >= 15 is 0 Å². The number of halogens is 1. The Kier molecular flexibility index (Phi) is 13.8. The maximum Gasteiger partial charge on any atom is 0.311 e. The molecule has 12 heteroatoms. The number of carboxylic acids is 1. The average molecular weight is 857 g/mol. The molecular formula is C50H53ClN4O7. The van der Waals surface area contributed by atoms with Gasteiger partial charge in [0.1, 0.15) is 43.1 Å². The molecule has 0 saturated carbocycles. The van der Waals surface area contributed by atoms with Crippen molar-refractivity contribution in [2.75, 3.05) is 39.4 Å². The van der Waals surface area contributed by atoms with Crippen LogP contribution in [0.1, 0.15) is 66.0 Å². The van der Waals surface area contributed by atoms with Crippen molar-refractivity contribution in [2.24, 2.45) is 10.8 Å². The van der Waals surface area contributed by atoms with Crippen LogP contribution in [0.25, 0.3) is 22.3 Å². The molecule has 2 saturated heterocycles. The van der Waals surface area contributed by atoms with Crippen LogP contribution in [-0.4, -0.2) is 71.4 Å². The SMILES string of the molecule is Cc1c(COc2cc(OCc3cncc(C#N)c3)c(CC[C@@](C)(CO)C(=O)O)cc2Cl)cccc1-c1cccc(-c2ccc(OCCN3CCC4(CC3)CNC(=O)C4)cc2)c1C. The van der Waals surface area contributed by atoms with Gasteiger partial charge in [0.05, 0.1) is 22.6 Å². The lowest BCUT2D eigenvalue weighted by molar-refractivity contribution is -0.150. The smallest absolute Gasteiger partial charge is 0.311 e. The highest BCUT2D eigenvalue weighted by atomic mass is 35.5. The van der Waals surface area contributed by atoms with Gasteiger partial charge in [0, 0.05) is 43.5 Å². The average Bonchev–Trinajstić information content (AvgIpc) is 3.65. The van der Waals surface area contributed by atoms with Gasteiger partial charge >= 0.3 is 5.97 Å². The molecule has 2 aliphatic rings. The fourth-order valence-corrected chi connectivity index (χ4v) is 8.62. The van der Waals surface area contributed by atoms with E-state index < -0.39 is 18.0 Å². The molecule has 2 aliphatic heterocycles. The Hall–Kier alpha value is -5.93. The van der Waals surface area contributed by atoms with Crippen molar-refractivity contribution in [3.63, 3.8) is 0 Å². The zero-order chi connectivity index (χ0) is 43.9. The second-order valence-electron chi connectivity index (χ2n) is 16.9. The van der Waals surface area contributed by atoms with Gasteiger partial charge in [0.25, 0.3) is 0 Å². The number of nitriles is 1. The number of hydrogen-bond acceptors (Lipinski definition) is 9. The number of aliphatic carboxylic acids is 1. The highest BCUT2D eigenvalue weighted by Crippen LogP contribution is 2.39. The van der Waals surface area contributed by atoms with E-state index in [1.165, 1.54) is 13.1 Å². The van der Waals surface area contributed by atoms with Crippen molar-refractivity contribution in [3.05, 3.63) is 130 Å². The van der Waals surface area contributed by atoms with Crippen LogP contribution in [0.5, 0.6) is 17.2 Å². The number of aliphatic hydroxyl groups is 1. The van der Waals surface area contributed by atoms with Gasteiger partial charge in [-0.1, -0.05) is 60.1 Å². The number of pyridine rings is 1. The summed E-state index contributed by atoms with van der Waals surface area (Å²) in [5, 5.41) is 32.3. The molecule has 0 radical (unpaired) electrons. The number of benzene rings is 4. The molecule has 5 aromatic rings. The molecule has 322 valence electrons. The van der Waals surface area contributed by atoms with Crippen molar-refractivity contribution in [2.45, 2.75) is 66.1 Å². The van der Waals surface area contributed by atoms with Crippen LogP contribution in [0.3, 0.4) is 0 Å². The molecule has 11 nitrogen and oxygen atoms in total. The van der Waals surface area contributed by atoms with Crippen LogP contribution in [0.4, 0.5) is 0 Å². The lowest BCUT2D eigenvalue weighted by atomic mass is 9.78. The molecule has 1 atom stereocenters. The first-order valence-electron chi connectivity index (χ1n) is 21.1. The van der Waals surface area contributed by atoms with Crippen molar-refractivity contribution < 1.29 is 34.0 Å². The third kappa shape index (κ3) is 10.2. The lowest BCUT2D eigenvalue weighted by Crippen LogP contribution is -2.42. The van der Waals surface area contributed by atoms with Crippen LogP contribution < -0.4 is 19.5 Å². The second kappa shape index (κ2) is 19.4. The number of carbonyl (C=O) groups is 2. The quantitative estimate of drug-likeness (QED) is 0.0828. The fraction of sp³-hybridized carbons (Fsp3) is 0.360. The molecule has 4 aromatic carbocycles. The van der Waals surface area contributed by atoms with Gasteiger partial charge in [-0.25, -0.2) is 0 Å². The first-order valence-corrected chi connectivity index (χ1v) is 21.4. The standard InChI is InChI=1S/C50H53ClN4O7/c1-33-39(30-62-46-24-45(61-29-36-22-35(26-52)27-53-28-36)38(23-44(46)51)14-15-49(3,32-56)48(58)59)6-4-8-42(33)43-9-5-7-41(34(43)2)37-10-12-40(13-11-37)60-21-20-55-18-16-50(17-19-55)25-47(57)54-31-50/h4-13,22-24,27-28,56H,14-21,25,29-32H2,1-3H3,(H,54,57)(H,58,59)/t49-/m0/s1. The number of aromatic nitrogens is 1. The summed E-state index contributed by atoms with van der Waals surface area (Å²) in [4.78, 5) is 30.3. The number of rotatable bonds is 17. The van der Waals surface area contributed by atoms with E-state index in [1.807, 2.05) is 24.3 Å². The largest absolute Gasteiger partial charge is 0.492 e. The predicted octanol–water partition coefficient (Wildman–Crippen LogP) is 8.71. The lowest BCUT2D eigenvalue weighted by Gasteiger charge is -2.38. The zero-order valence-electron chi connectivity index (χ0n) is 35.5. The molecule has 1 amide bonds. The van der Waals surface area contributed by atoms with Crippen LogP contribution >= 0.6 is 11.6 Å². The second-order valence-corrected chi connectivity index (χ2v) is 17.3. The van der Waals surface area contributed by atoms with E-state index in [0.717, 1.165) is 83.7 Å². The number of nitrogens with zero attached hydrogens (tertiary/aromatic N) is 3. The van der Waals surface area contributed by atoms with E-state index in [9.17, 15) is 25.1 Å². The summed E-state index contributed by atoms with van der Waals surface area (Å²) < 4.78 is 18.8. The molecule has 62 heavy (non-hydrogen) atoms. The molecule has 0 bridgehead atoms. The topological polar surface area (TPSA) is 154 Å². The fourth-order valence-electron chi connectivity index (χ4n) is 8.38. The molecule has 1 spiro atoms. The molecule has 7 rings (SSSR count). The number of carboxylic acid groups (broad SMARTS) is 1. The Morgan fingerprint density at radius 3 is 2.32 bits per heavy atom. The van der Waals surface area contributed by atoms with Gasteiger partial charge in [-0.3, -0.25) is 19.5 Å². The van der Waals surface area contributed by atoms with Gasteiger partial charge in [0.15, 0.2) is 0 Å². The summed E-state index contributed by atoms with van der Waals surface area (Å²) in [7, 11) is 0. The molecule has 3 N–H and O–H groups in total. The first-order chi connectivity index (χ1) is 29.9. The van der Waals surface area contributed by atoms with Gasteiger partial charge in [-0.05, 0) is 134 Å². The Morgan fingerprint density at radius 1 is 0.919 bits per heavy atom. The molecule has 0 unspecified atom stereocenters. The van der Waals surface area contributed by atoms with Crippen molar-refractivity contribution in [1.82, 2.24) is 15.2 Å². The molecule has 3 heterocycles. The van der Waals surface area contributed by atoms with Crippen LogP contribution in [0, 0.1) is 36.0 Å². The van der Waals surface area contributed by atoms with Crippen molar-refractivity contribution >= 4 is 23.5 Å². The molecule has 0 aliphatic carbocycles.